The summed E-state index contributed by atoms with van der Waals surface area (Å²) in [7, 11) is 0. The van der Waals surface area contributed by atoms with Crippen molar-refractivity contribution in [2.24, 2.45) is 70.8 Å². The molecule has 5 aliphatic rings. The third-order valence-electron chi connectivity index (χ3n) is 14.0. The first kappa shape index (κ1) is 38.1. The highest BCUT2D eigenvalue weighted by Crippen LogP contribution is 2.53. The molecule has 5 rings (SSSR count). The fraction of sp³-hybridized carbons (Fsp3) is 0.857. The molecule has 12 unspecified atom stereocenters. The predicted octanol–water partition coefficient (Wildman–Crippen LogP) is 10.8. The van der Waals surface area contributed by atoms with Crippen LogP contribution in [-0.2, 0) is 4.74 Å². The van der Waals surface area contributed by atoms with Crippen molar-refractivity contribution >= 4 is 0 Å². The largest absolute Gasteiger partial charge is 0.392 e. The van der Waals surface area contributed by atoms with Gasteiger partial charge in [0.15, 0.2) is 0 Å². The van der Waals surface area contributed by atoms with Gasteiger partial charge in [-0.1, -0.05) is 62.6 Å². The number of nitrogens with two attached hydrogens (primary N) is 1. The summed E-state index contributed by atoms with van der Waals surface area (Å²) in [5, 5.41) is 11.4. The summed E-state index contributed by atoms with van der Waals surface area (Å²) >= 11 is 0. The van der Waals surface area contributed by atoms with E-state index in [-0.39, 0.29) is 24.2 Å². The number of allylic oxidation sites excluding steroid dienone is 4. The highest BCUT2D eigenvalue weighted by Gasteiger charge is 2.48. The first-order valence-corrected chi connectivity index (χ1v) is 20.2. The number of ether oxygens (including phenoxy) is 1. The molecule has 12 atom stereocenters. The van der Waals surface area contributed by atoms with Gasteiger partial charge in [0, 0.05) is 13.2 Å². The number of fused-ring (bicyclic) bond motifs is 1. The molecule has 0 radical (unpaired) electrons. The summed E-state index contributed by atoms with van der Waals surface area (Å²) < 4.78 is 48.3. The van der Waals surface area contributed by atoms with Gasteiger partial charge in [-0.25, -0.2) is 0 Å². The number of hydrogen-bond acceptors (Lipinski definition) is 3. The lowest BCUT2D eigenvalue weighted by atomic mass is 9.67. The lowest BCUT2D eigenvalue weighted by Crippen LogP contribution is -2.37. The van der Waals surface area contributed by atoms with Gasteiger partial charge in [-0.2, -0.15) is 13.2 Å². The monoisotopic (exact) mass is 676 g/mol. The predicted molar refractivity (Wildman–Crippen MR) is 191 cm³/mol. The van der Waals surface area contributed by atoms with E-state index in [4.69, 9.17) is 10.5 Å². The van der Waals surface area contributed by atoms with Crippen LogP contribution in [0.2, 0.25) is 0 Å². The minimum absolute atomic E-state index is 0.0411. The van der Waals surface area contributed by atoms with Crippen LogP contribution in [0.5, 0.6) is 0 Å². The van der Waals surface area contributed by atoms with Crippen LogP contribution in [-0.4, -0.2) is 37.1 Å². The standard InChI is InChI=1S/C42H68F3NO2/c1-4-5-10-35(27-46)32-16-18-36-29(3)23-39(37(36)19-17-32)38-26-34(14-12-28(38)2)41(47)11-6-8-30-13-15-33(40(25-30)42(43,44)45)24-31-9-7-21-48-22-20-31/h6,11,23,28,30-38,40-41,47H,3-5,7-10,12-22,24-27,46H2,1-2H3. The molecule has 274 valence electrons. The Hall–Kier alpha value is -1.11. The van der Waals surface area contributed by atoms with Crippen LogP contribution in [0.3, 0.4) is 0 Å². The van der Waals surface area contributed by atoms with E-state index in [9.17, 15) is 18.3 Å². The van der Waals surface area contributed by atoms with Crippen LogP contribution < -0.4 is 5.73 Å². The first-order chi connectivity index (χ1) is 23.1. The highest BCUT2D eigenvalue weighted by molar-refractivity contribution is 5.37. The average Bonchev–Trinajstić information content (AvgIpc) is 3.26. The van der Waals surface area contributed by atoms with Gasteiger partial charge in [0.25, 0.3) is 0 Å². The van der Waals surface area contributed by atoms with Gasteiger partial charge >= 0.3 is 6.18 Å². The number of alkyl halides is 3. The van der Waals surface area contributed by atoms with Gasteiger partial charge in [0.1, 0.15) is 0 Å². The molecule has 3 N–H and O–H groups in total. The van der Waals surface area contributed by atoms with E-state index < -0.39 is 18.2 Å². The number of aliphatic hydroxyl groups excluding tert-OH is 1. The number of rotatable bonds is 12. The molecule has 1 saturated heterocycles. The van der Waals surface area contributed by atoms with Gasteiger partial charge in [-0.05, 0) is 168 Å². The maximum Gasteiger partial charge on any atom is 0.392 e. The van der Waals surface area contributed by atoms with Crippen molar-refractivity contribution in [1.29, 1.82) is 0 Å². The molecule has 0 amide bonds. The maximum absolute atomic E-state index is 14.3. The Labute approximate surface area is 290 Å². The molecule has 6 heteroatoms. The van der Waals surface area contributed by atoms with Crippen molar-refractivity contribution in [2.45, 2.75) is 142 Å². The summed E-state index contributed by atoms with van der Waals surface area (Å²) in [6.45, 7) is 11.4. The Morgan fingerprint density at radius 1 is 0.938 bits per heavy atom. The van der Waals surface area contributed by atoms with E-state index in [0.29, 0.717) is 61.4 Å². The fourth-order valence-corrected chi connectivity index (χ4v) is 11.0. The Kier molecular flexibility index (Phi) is 14.2. The third-order valence-corrected chi connectivity index (χ3v) is 14.0. The maximum atomic E-state index is 14.3. The number of aliphatic hydroxyl groups is 1. The molecule has 4 aliphatic carbocycles. The second-order valence-electron chi connectivity index (χ2n) is 17.0. The molecular weight excluding hydrogens is 607 g/mol. The third kappa shape index (κ3) is 9.81. The van der Waals surface area contributed by atoms with Crippen LogP contribution in [0.25, 0.3) is 0 Å². The van der Waals surface area contributed by atoms with E-state index in [1.165, 1.54) is 50.5 Å². The van der Waals surface area contributed by atoms with E-state index in [1.54, 1.807) is 5.57 Å². The Morgan fingerprint density at radius 3 is 2.46 bits per heavy atom. The van der Waals surface area contributed by atoms with Crippen molar-refractivity contribution < 1.29 is 23.0 Å². The lowest BCUT2D eigenvalue weighted by molar-refractivity contribution is -0.202. The number of halogens is 3. The van der Waals surface area contributed by atoms with Gasteiger partial charge in [-0.3, -0.25) is 0 Å². The topological polar surface area (TPSA) is 55.5 Å². The van der Waals surface area contributed by atoms with Crippen LogP contribution in [0.1, 0.15) is 129 Å². The van der Waals surface area contributed by atoms with Crippen molar-refractivity contribution in [3.63, 3.8) is 0 Å². The molecule has 0 bridgehead atoms. The Balaban J connectivity index is 1.15. The summed E-state index contributed by atoms with van der Waals surface area (Å²) in [5.41, 5.74) is 9.20. The second kappa shape index (κ2) is 17.9. The minimum atomic E-state index is -4.14. The SMILES string of the molecule is C=C1C=C(C2CC(C(O)C=CCC3CCC(CC4CCCOCC4)C(C(F)(F)F)C3)CCC2C)C2CCC(C(CN)CCCC)CCC12. The van der Waals surface area contributed by atoms with Gasteiger partial charge < -0.3 is 15.6 Å². The van der Waals surface area contributed by atoms with E-state index in [1.807, 2.05) is 12.2 Å². The zero-order valence-electron chi connectivity index (χ0n) is 30.3. The minimum Gasteiger partial charge on any atom is -0.389 e. The molecule has 48 heavy (non-hydrogen) atoms. The summed E-state index contributed by atoms with van der Waals surface area (Å²) in [4.78, 5) is 0. The van der Waals surface area contributed by atoms with Crippen LogP contribution >= 0.6 is 0 Å². The Bertz CT molecular complexity index is 1060. The summed E-state index contributed by atoms with van der Waals surface area (Å²) in [6, 6.07) is 0. The quantitative estimate of drug-likeness (QED) is 0.202. The zero-order valence-corrected chi connectivity index (χ0v) is 30.3. The zero-order chi connectivity index (χ0) is 34.3. The normalized spacial score (nSPS) is 38.2. The number of hydrogen-bond donors (Lipinski definition) is 2. The molecule has 0 aromatic heterocycles. The van der Waals surface area contributed by atoms with Crippen LogP contribution in [0, 0.1) is 65.1 Å². The molecule has 1 aliphatic heterocycles. The summed E-state index contributed by atoms with van der Waals surface area (Å²) in [5.74, 6) is 2.71. The number of unbranched alkanes of at least 4 members (excludes halogenated alkanes) is 1. The molecular formula is C42H68F3NO2. The van der Waals surface area contributed by atoms with Gasteiger partial charge in [-0.15, -0.1) is 0 Å². The van der Waals surface area contributed by atoms with E-state index >= 15 is 0 Å². The summed E-state index contributed by atoms with van der Waals surface area (Å²) in [6.07, 6.45) is 19.5. The lowest BCUT2D eigenvalue weighted by Gasteiger charge is -2.39. The molecule has 4 fully saturated rings. The van der Waals surface area contributed by atoms with Crippen molar-refractivity contribution in [2.75, 3.05) is 19.8 Å². The highest BCUT2D eigenvalue weighted by atomic mass is 19.4. The first-order valence-electron chi connectivity index (χ1n) is 20.2. The van der Waals surface area contributed by atoms with Crippen LogP contribution in [0.4, 0.5) is 13.2 Å². The van der Waals surface area contributed by atoms with Crippen molar-refractivity contribution in [1.82, 2.24) is 0 Å². The molecule has 0 aromatic rings. The van der Waals surface area contributed by atoms with E-state index in [2.05, 4.69) is 26.5 Å². The van der Waals surface area contributed by atoms with Crippen molar-refractivity contribution in [3.8, 4) is 0 Å². The van der Waals surface area contributed by atoms with Crippen molar-refractivity contribution in [3.05, 3.63) is 36.0 Å². The van der Waals surface area contributed by atoms with Crippen LogP contribution in [0.15, 0.2) is 36.0 Å². The fourth-order valence-electron chi connectivity index (χ4n) is 11.0. The van der Waals surface area contributed by atoms with Gasteiger partial charge in [0.2, 0.25) is 0 Å². The molecule has 0 spiro atoms. The molecule has 0 aromatic carbocycles. The van der Waals surface area contributed by atoms with E-state index in [0.717, 1.165) is 64.0 Å². The second-order valence-corrected chi connectivity index (χ2v) is 17.0. The average molecular weight is 676 g/mol. The smallest absolute Gasteiger partial charge is 0.389 e. The Morgan fingerprint density at radius 2 is 1.71 bits per heavy atom. The molecule has 1 heterocycles. The van der Waals surface area contributed by atoms with Gasteiger partial charge in [0.05, 0.1) is 12.0 Å². The molecule has 3 nitrogen and oxygen atoms in total. The molecule has 3 saturated carbocycles.